The molecule has 0 saturated heterocycles. The topological polar surface area (TPSA) is 68.2 Å². The molecule has 1 heterocycles. The van der Waals surface area contributed by atoms with Gasteiger partial charge < -0.3 is 9.88 Å². The van der Waals surface area contributed by atoms with E-state index in [9.17, 15) is 13.2 Å². The van der Waals surface area contributed by atoms with Gasteiger partial charge in [-0.15, -0.1) is 0 Å². The van der Waals surface area contributed by atoms with E-state index in [4.69, 9.17) is 11.6 Å². The molecule has 29 heavy (non-hydrogen) atoms. The molecule has 5 nitrogen and oxygen atoms in total. The van der Waals surface area contributed by atoms with Crippen molar-refractivity contribution >= 4 is 38.2 Å². The Kier molecular flexibility index (Phi) is 6.65. The van der Waals surface area contributed by atoms with E-state index in [1.807, 2.05) is 12.1 Å². The Morgan fingerprint density at radius 1 is 1.14 bits per heavy atom. The Morgan fingerprint density at radius 3 is 2.62 bits per heavy atom. The molecule has 154 valence electrons. The van der Waals surface area contributed by atoms with E-state index in [1.54, 1.807) is 47.2 Å². The van der Waals surface area contributed by atoms with E-state index in [0.717, 1.165) is 11.9 Å². The Labute approximate surface area is 176 Å². The fourth-order valence-corrected chi connectivity index (χ4v) is 5.01. The smallest absolute Gasteiger partial charge is 0.239 e. The number of hydrogen-bond donors (Lipinski definition) is 1. The number of amides is 1. The van der Waals surface area contributed by atoms with E-state index in [0.29, 0.717) is 28.4 Å². The van der Waals surface area contributed by atoms with Crippen molar-refractivity contribution in [2.24, 2.45) is 5.92 Å². The molecule has 0 bridgehead atoms. The maximum Gasteiger partial charge on any atom is 0.239 e. The van der Waals surface area contributed by atoms with Crippen LogP contribution in [0.4, 0.5) is 0 Å². The van der Waals surface area contributed by atoms with Crippen LogP contribution < -0.4 is 5.32 Å². The first-order valence-corrected chi connectivity index (χ1v) is 11.6. The van der Waals surface area contributed by atoms with Gasteiger partial charge in [0.2, 0.25) is 5.91 Å². The summed E-state index contributed by atoms with van der Waals surface area (Å²) in [5, 5.41) is 4.01. The predicted molar refractivity (Wildman–Crippen MR) is 117 cm³/mol. The maximum atomic E-state index is 13.1. The molecule has 0 aliphatic heterocycles. The largest absolute Gasteiger partial charge is 0.355 e. The van der Waals surface area contributed by atoms with E-state index in [-0.39, 0.29) is 23.1 Å². The molecule has 0 aliphatic rings. The summed E-state index contributed by atoms with van der Waals surface area (Å²) in [4.78, 5) is 12.6. The fraction of sp³-hybridized carbons (Fsp3) is 0.318. The van der Waals surface area contributed by atoms with Crippen LogP contribution >= 0.6 is 11.6 Å². The third kappa shape index (κ3) is 5.40. The third-order valence-corrected chi connectivity index (χ3v) is 6.63. The molecule has 0 aliphatic carbocycles. The van der Waals surface area contributed by atoms with Gasteiger partial charge in [-0.05, 0) is 36.1 Å². The second-order valence-electron chi connectivity index (χ2n) is 7.56. The summed E-state index contributed by atoms with van der Waals surface area (Å²) >= 11 is 5.99. The SMILES string of the molecule is CC(C)CCNC(=O)Cn1cc(S(=O)(=O)Cc2cccc(Cl)c2)c2ccccc21. The lowest BCUT2D eigenvalue weighted by molar-refractivity contribution is -0.121. The monoisotopic (exact) mass is 432 g/mol. The Hall–Kier alpha value is -2.31. The van der Waals surface area contributed by atoms with Gasteiger partial charge >= 0.3 is 0 Å². The number of para-hydroxylation sites is 1. The van der Waals surface area contributed by atoms with Gasteiger partial charge in [-0.25, -0.2) is 8.42 Å². The van der Waals surface area contributed by atoms with E-state index >= 15 is 0 Å². The van der Waals surface area contributed by atoms with Crippen molar-refractivity contribution in [3.05, 3.63) is 65.3 Å². The van der Waals surface area contributed by atoms with Gasteiger partial charge in [-0.1, -0.05) is 55.8 Å². The zero-order valence-electron chi connectivity index (χ0n) is 16.6. The zero-order valence-corrected chi connectivity index (χ0v) is 18.1. The highest BCUT2D eigenvalue weighted by molar-refractivity contribution is 7.90. The van der Waals surface area contributed by atoms with Crippen LogP contribution in [0.2, 0.25) is 5.02 Å². The standard InChI is InChI=1S/C22H25ClN2O3S/c1-16(2)10-11-24-22(26)14-25-13-21(19-8-3-4-9-20(19)25)29(27,28)15-17-6-5-7-18(23)12-17/h3-9,12-13,16H,10-11,14-15H2,1-2H3,(H,24,26). The summed E-state index contributed by atoms with van der Waals surface area (Å²) in [5.41, 5.74) is 1.34. The first kappa shape index (κ1) is 21.4. The van der Waals surface area contributed by atoms with Gasteiger partial charge in [-0.3, -0.25) is 4.79 Å². The number of fused-ring (bicyclic) bond motifs is 1. The second kappa shape index (κ2) is 9.01. The minimum atomic E-state index is -3.61. The minimum Gasteiger partial charge on any atom is -0.355 e. The lowest BCUT2D eigenvalue weighted by Crippen LogP contribution is -2.28. The van der Waals surface area contributed by atoms with Gasteiger partial charge in [0.15, 0.2) is 9.84 Å². The van der Waals surface area contributed by atoms with Crippen LogP contribution in [0.5, 0.6) is 0 Å². The van der Waals surface area contributed by atoms with Crippen LogP contribution in [0.3, 0.4) is 0 Å². The molecule has 1 aromatic heterocycles. The molecule has 0 fully saturated rings. The highest BCUT2D eigenvalue weighted by Gasteiger charge is 2.22. The number of sulfone groups is 1. The van der Waals surface area contributed by atoms with Gasteiger partial charge in [0.25, 0.3) is 0 Å². The molecule has 7 heteroatoms. The number of carbonyl (C=O) groups excluding carboxylic acids is 1. The second-order valence-corrected chi connectivity index (χ2v) is 9.95. The van der Waals surface area contributed by atoms with Crippen molar-refractivity contribution in [2.45, 2.75) is 37.5 Å². The van der Waals surface area contributed by atoms with Crippen LogP contribution in [0.1, 0.15) is 25.8 Å². The van der Waals surface area contributed by atoms with Crippen molar-refractivity contribution in [1.29, 1.82) is 0 Å². The highest BCUT2D eigenvalue weighted by atomic mass is 35.5. The lowest BCUT2D eigenvalue weighted by Gasteiger charge is -2.08. The molecular weight excluding hydrogens is 408 g/mol. The van der Waals surface area contributed by atoms with Gasteiger partial charge in [-0.2, -0.15) is 0 Å². The van der Waals surface area contributed by atoms with Crippen molar-refractivity contribution in [3.8, 4) is 0 Å². The number of nitrogens with one attached hydrogen (secondary N) is 1. The first-order chi connectivity index (χ1) is 13.8. The van der Waals surface area contributed by atoms with Gasteiger partial charge in [0, 0.05) is 28.7 Å². The molecule has 1 N–H and O–H groups in total. The molecule has 0 spiro atoms. The molecule has 3 aromatic rings. The fourth-order valence-electron chi connectivity index (χ4n) is 3.23. The predicted octanol–water partition coefficient (Wildman–Crippen LogP) is 4.43. The van der Waals surface area contributed by atoms with Crippen molar-refractivity contribution < 1.29 is 13.2 Å². The normalized spacial score (nSPS) is 11.9. The quantitative estimate of drug-likeness (QED) is 0.572. The van der Waals surface area contributed by atoms with Crippen LogP contribution in [-0.4, -0.2) is 25.4 Å². The summed E-state index contributed by atoms with van der Waals surface area (Å²) in [6.45, 7) is 4.88. The summed E-state index contributed by atoms with van der Waals surface area (Å²) in [6, 6.07) is 14.1. The number of halogens is 1. The Balaban J connectivity index is 1.88. The molecule has 2 aromatic carbocycles. The summed E-state index contributed by atoms with van der Waals surface area (Å²) in [7, 11) is -3.61. The summed E-state index contributed by atoms with van der Waals surface area (Å²) in [6.07, 6.45) is 2.46. The molecule has 0 radical (unpaired) electrons. The third-order valence-electron chi connectivity index (χ3n) is 4.69. The van der Waals surface area contributed by atoms with E-state index in [1.165, 1.54) is 0 Å². The van der Waals surface area contributed by atoms with Crippen LogP contribution in [0.15, 0.2) is 59.6 Å². The Morgan fingerprint density at radius 2 is 1.90 bits per heavy atom. The average molecular weight is 433 g/mol. The molecule has 0 unspecified atom stereocenters. The molecule has 0 saturated carbocycles. The van der Waals surface area contributed by atoms with Gasteiger partial charge in [0.1, 0.15) is 6.54 Å². The van der Waals surface area contributed by atoms with Crippen molar-refractivity contribution in [1.82, 2.24) is 9.88 Å². The average Bonchev–Trinajstić information content (AvgIpc) is 3.01. The molecule has 1 amide bonds. The van der Waals surface area contributed by atoms with Crippen LogP contribution in [0.25, 0.3) is 10.9 Å². The number of aromatic nitrogens is 1. The maximum absolute atomic E-state index is 13.1. The number of rotatable bonds is 8. The van der Waals surface area contributed by atoms with E-state index < -0.39 is 9.84 Å². The highest BCUT2D eigenvalue weighted by Crippen LogP contribution is 2.28. The van der Waals surface area contributed by atoms with E-state index in [2.05, 4.69) is 19.2 Å². The molecular formula is C22H25ClN2O3S. The Bertz CT molecular complexity index is 1120. The van der Waals surface area contributed by atoms with Crippen LogP contribution in [0, 0.1) is 5.92 Å². The van der Waals surface area contributed by atoms with Crippen molar-refractivity contribution in [3.63, 3.8) is 0 Å². The summed E-state index contributed by atoms with van der Waals surface area (Å²) in [5.74, 6) is 0.221. The molecule has 3 rings (SSSR count). The summed E-state index contributed by atoms with van der Waals surface area (Å²) < 4.78 is 27.9. The molecule has 0 atom stereocenters. The number of carbonyl (C=O) groups is 1. The van der Waals surface area contributed by atoms with Gasteiger partial charge in [0.05, 0.1) is 10.6 Å². The number of benzene rings is 2. The zero-order chi connectivity index (χ0) is 21.0. The number of hydrogen-bond acceptors (Lipinski definition) is 3. The first-order valence-electron chi connectivity index (χ1n) is 9.58. The lowest BCUT2D eigenvalue weighted by atomic mass is 10.1. The van der Waals surface area contributed by atoms with Crippen molar-refractivity contribution in [2.75, 3.05) is 6.54 Å². The van der Waals surface area contributed by atoms with Crippen LogP contribution in [-0.2, 0) is 26.9 Å². The minimum absolute atomic E-state index is 0.0747. The number of nitrogens with zero attached hydrogens (tertiary/aromatic N) is 1.